The molecule has 2 heterocycles. The number of nitrogens with zero attached hydrogens (tertiary/aromatic N) is 3. The van der Waals surface area contributed by atoms with Gasteiger partial charge in [0, 0.05) is 12.4 Å². The van der Waals surface area contributed by atoms with E-state index < -0.39 is 0 Å². The van der Waals surface area contributed by atoms with Gasteiger partial charge in [-0.15, -0.1) is 0 Å². The van der Waals surface area contributed by atoms with Crippen molar-refractivity contribution in [3.63, 3.8) is 0 Å². The van der Waals surface area contributed by atoms with E-state index in [1.807, 2.05) is 24.3 Å². The molecular formula is C11H8N4S. The molecule has 0 radical (unpaired) electrons. The molecule has 5 heteroatoms. The van der Waals surface area contributed by atoms with Crippen molar-refractivity contribution in [1.82, 2.24) is 9.97 Å². The Morgan fingerprint density at radius 1 is 1.31 bits per heavy atom. The first-order valence-electron chi connectivity index (χ1n) is 4.54. The van der Waals surface area contributed by atoms with Gasteiger partial charge in [-0.05, 0) is 30.0 Å². The molecule has 0 aliphatic heterocycles. The number of hydrogen-bond donors (Lipinski definition) is 1. The predicted octanol–water partition coefficient (Wildman–Crippen LogP) is 2.08. The summed E-state index contributed by atoms with van der Waals surface area (Å²) in [6, 6.07) is 9.22. The van der Waals surface area contributed by atoms with Gasteiger partial charge in [-0.2, -0.15) is 5.26 Å². The van der Waals surface area contributed by atoms with Gasteiger partial charge in [-0.25, -0.2) is 9.97 Å². The second-order valence-corrected chi connectivity index (χ2v) is 4.01. The lowest BCUT2D eigenvalue weighted by atomic mass is 10.3. The zero-order valence-corrected chi connectivity index (χ0v) is 9.11. The molecule has 0 fully saturated rings. The fraction of sp³-hybridized carbons (Fsp3) is 0. The van der Waals surface area contributed by atoms with E-state index in [0.29, 0.717) is 16.3 Å². The highest BCUT2D eigenvalue weighted by Gasteiger charge is 2.05. The highest BCUT2D eigenvalue weighted by molar-refractivity contribution is 7.99. The lowest BCUT2D eigenvalue weighted by Gasteiger charge is -2.03. The lowest BCUT2D eigenvalue weighted by Crippen LogP contribution is -1.93. The van der Waals surface area contributed by atoms with Crippen molar-refractivity contribution >= 4 is 17.4 Å². The van der Waals surface area contributed by atoms with Crippen molar-refractivity contribution in [2.45, 2.75) is 10.1 Å². The molecule has 0 spiro atoms. The van der Waals surface area contributed by atoms with Crippen molar-refractivity contribution in [2.75, 3.05) is 5.73 Å². The third-order valence-corrected chi connectivity index (χ3v) is 2.83. The average molecular weight is 228 g/mol. The van der Waals surface area contributed by atoms with Crippen LogP contribution < -0.4 is 5.73 Å². The Bertz CT molecular complexity index is 533. The summed E-state index contributed by atoms with van der Waals surface area (Å²) in [7, 11) is 0. The number of hydrogen-bond acceptors (Lipinski definition) is 5. The van der Waals surface area contributed by atoms with Gasteiger partial charge in [-0.1, -0.05) is 6.07 Å². The lowest BCUT2D eigenvalue weighted by molar-refractivity contribution is 1.09. The maximum atomic E-state index is 8.68. The molecule has 2 aromatic rings. The van der Waals surface area contributed by atoms with Crippen LogP contribution in [0.3, 0.4) is 0 Å². The van der Waals surface area contributed by atoms with E-state index in [1.54, 1.807) is 12.3 Å². The number of nitrogen functional groups attached to an aromatic ring is 1. The summed E-state index contributed by atoms with van der Waals surface area (Å²) >= 11 is 1.38. The van der Waals surface area contributed by atoms with Gasteiger partial charge in [0.05, 0.1) is 11.3 Å². The van der Waals surface area contributed by atoms with Crippen molar-refractivity contribution < 1.29 is 0 Å². The van der Waals surface area contributed by atoms with Gasteiger partial charge in [0.2, 0.25) is 0 Å². The maximum Gasteiger partial charge on any atom is 0.125 e. The Hall–Kier alpha value is -2.06. The average Bonchev–Trinajstić information content (AvgIpc) is 2.33. The van der Waals surface area contributed by atoms with Crippen molar-refractivity contribution in [1.29, 1.82) is 5.26 Å². The van der Waals surface area contributed by atoms with E-state index >= 15 is 0 Å². The first kappa shape index (κ1) is 10.5. The minimum Gasteiger partial charge on any atom is -0.396 e. The third-order valence-electron chi connectivity index (χ3n) is 1.85. The Morgan fingerprint density at radius 2 is 2.19 bits per heavy atom. The predicted molar refractivity (Wildman–Crippen MR) is 61.7 cm³/mol. The minimum atomic E-state index is 0.461. The first-order chi connectivity index (χ1) is 7.79. The van der Waals surface area contributed by atoms with Gasteiger partial charge >= 0.3 is 0 Å². The Labute approximate surface area is 97.1 Å². The van der Waals surface area contributed by atoms with Crippen LogP contribution in [-0.2, 0) is 0 Å². The van der Waals surface area contributed by atoms with Crippen LogP contribution in [0.2, 0.25) is 0 Å². The number of nitriles is 1. The van der Waals surface area contributed by atoms with Gasteiger partial charge in [0.1, 0.15) is 16.1 Å². The SMILES string of the molecule is N#Cc1cnc(Sc2ccccn2)c(N)c1. The number of anilines is 1. The normalized spacial score (nSPS) is 9.69. The van der Waals surface area contributed by atoms with Crippen LogP contribution >= 0.6 is 11.8 Å². The van der Waals surface area contributed by atoms with Crippen molar-refractivity contribution in [2.24, 2.45) is 0 Å². The second-order valence-electron chi connectivity index (χ2n) is 3.00. The van der Waals surface area contributed by atoms with Crippen molar-refractivity contribution in [3.05, 3.63) is 42.2 Å². The van der Waals surface area contributed by atoms with E-state index in [4.69, 9.17) is 11.0 Å². The van der Waals surface area contributed by atoms with Crippen molar-refractivity contribution in [3.8, 4) is 6.07 Å². The van der Waals surface area contributed by atoms with Gasteiger partial charge in [0.15, 0.2) is 0 Å². The third kappa shape index (κ3) is 2.30. The van der Waals surface area contributed by atoms with Gasteiger partial charge in [-0.3, -0.25) is 0 Å². The molecule has 0 aliphatic rings. The fourth-order valence-corrected chi connectivity index (χ4v) is 1.86. The largest absolute Gasteiger partial charge is 0.396 e. The summed E-state index contributed by atoms with van der Waals surface area (Å²) in [6.07, 6.45) is 3.21. The van der Waals surface area contributed by atoms with E-state index in [1.165, 1.54) is 18.0 Å². The molecule has 4 nitrogen and oxygen atoms in total. The number of pyridine rings is 2. The molecule has 0 aliphatic carbocycles. The quantitative estimate of drug-likeness (QED) is 0.851. The molecule has 16 heavy (non-hydrogen) atoms. The summed E-state index contributed by atoms with van der Waals surface area (Å²) in [5.74, 6) is 0. The standard InChI is InChI=1S/C11H8N4S/c12-6-8-5-9(13)11(15-7-8)16-10-3-1-2-4-14-10/h1-5,7H,13H2. The molecule has 0 atom stereocenters. The zero-order chi connectivity index (χ0) is 11.4. The minimum absolute atomic E-state index is 0.461. The van der Waals surface area contributed by atoms with Crippen LogP contribution in [0.25, 0.3) is 0 Å². The topological polar surface area (TPSA) is 75.6 Å². The Morgan fingerprint density at radius 3 is 2.81 bits per heavy atom. The highest BCUT2D eigenvalue weighted by atomic mass is 32.2. The summed E-state index contributed by atoms with van der Waals surface area (Å²) < 4.78 is 0. The Balaban J connectivity index is 2.27. The first-order valence-corrected chi connectivity index (χ1v) is 5.36. The molecule has 0 amide bonds. The molecule has 2 N–H and O–H groups in total. The number of rotatable bonds is 2. The molecule has 0 saturated heterocycles. The van der Waals surface area contributed by atoms with Crippen LogP contribution in [0, 0.1) is 11.3 Å². The maximum absolute atomic E-state index is 8.68. The molecule has 78 valence electrons. The second kappa shape index (κ2) is 4.64. The van der Waals surface area contributed by atoms with E-state index in [-0.39, 0.29) is 0 Å². The van der Waals surface area contributed by atoms with Gasteiger partial charge < -0.3 is 5.73 Å². The number of aromatic nitrogens is 2. The smallest absolute Gasteiger partial charge is 0.125 e. The highest BCUT2D eigenvalue weighted by Crippen LogP contribution is 2.28. The van der Waals surface area contributed by atoms with Crippen LogP contribution in [-0.4, -0.2) is 9.97 Å². The molecule has 2 aromatic heterocycles. The summed E-state index contributed by atoms with van der Waals surface area (Å²) in [5, 5.41) is 10.2. The summed E-state index contributed by atoms with van der Waals surface area (Å²) in [5.41, 5.74) is 6.74. The van der Waals surface area contributed by atoms with Crippen LogP contribution in [0.4, 0.5) is 5.69 Å². The van der Waals surface area contributed by atoms with E-state index in [9.17, 15) is 0 Å². The van der Waals surface area contributed by atoms with Crippen LogP contribution in [0.1, 0.15) is 5.56 Å². The fourth-order valence-electron chi connectivity index (χ4n) is 1.12. The van der Waals surface area contributed by atoms with E-state index in [2.05, 4.69) is 9.97 Å². The molecule has 0 bridgehead atoms. The van der Waals surface area contributed by atoms with E-state index in [0.717, 1.165) is 5.03 Å². The molecule has 2 rings (SSSR count). The molecule has 0 unspecified atom stereocenters. The molecule has 0 aromatic carbocycles. The number of nitrogens with two attached hydrogens (primary N) is 1. The molecule has 0 saturated carbocycles. The van der Waals surface area contributed by atoms with Crippen LogP contribution in [0.15, 0.2) is 46.7 Å². The molecular weight excluding hydrogens is 220 g/mol. The summed E-state index contributed by atoms with van der Waals surface area (Å²) in [6.45, 7) is 0. The van der Waals surface area contributed by atoms with Crippen LogP contribution in [0.5, 0.6) is 0 Å². The monoisotopic (exact) mass is 228 g/mol. The zero-order valence-electron chi connectivity index (χ0n) is 8.29. The Kier molecular flexibility index (Phi) is 3.03. The van der Waals surface area contributed by atoms with Gasteiger partial charge in [0.25, 0.3) is 0 Å². The summed E-state index contributed by atoms with van der Waals surface area (Å²) in [4.78, 5) is 8.28.